The van der Waals surface area contributed by atoms with Crippen molar-refractivity contribution in [3.8, 4) is 0 Å². The fraction of sp³-hybridized carbons (Fsp3) is 0.929. The summed E-state index contributed by atoms with van der Waals surface area (Å²) >= 11 is 5.80. The van der Waals surface area contributed by atoms with Crippen LogP contribution in [0.3, 0.4) is 0 Å². The van der Waals surface area contributed by atoms with E-state index < -0.39 is 0 Å². The number of likely N-dealkylation sites (tertiary alicyclic amines) is 1. The molecule has 17 heavy (non-hydrogen) atoms. The highest BCUT2D eigenvalue weighted by Gasteiger charge is 2.50. The number of nitrogens with zero attached hydrogens (tertiary/aromatic N) is 1. The van der Waals surface area contributed by atoms with Crippen LogP contribution in [0.15, 0.2) is 0 Å². The van der Waals surface area contributed by atoms with Crippen molar-refractivity contribution in [2.75, 3.05) is 5.88 Å². The zero-order valence-electron chi connectivity index (χ0n) is 10.4. The first kappa shape index (κ1) is 11.8. The van der Waals surface area contributed by atoms with Gasteiger partial charge in [-0.05, 0) is 37.5 Å². The second kappa shape index (κ2) is 4.79. The van der Waals surface area contributed by atoms with Crippen LogP contribution in [0.25, 0.3) is 0 Å². The molecule has 0 aromatic rings. The zero-order valence-corrected chi connectivity index (χ0v) is 11.2. The van der Waals surface area contributed by atoms with E-state index in [2.05, 4.69) is 4.90 Å². The molecule has 2 nitrogen and oxygen atoms in total. The monoisotopic (exact) mass is 255 g/mol. The molecule has 3 rings (SSSR count). The highest BCUT2D eigenvalue weighted by atomic mass is 35.5. The number of fused-ring (bicyclic) bond motifs is 3. The van der Waals surface area contributed by atoms with Gasteiger partial charge in [0, 0.05) is 12.1 Å². The van der Waals surface area contributed by atoms with E-state index in [9.17, 15) is 4.79 Å². The van der Waals surface area contributed by atoms with Crippen molar-refractivity contribution in [3.05, 3.63) is 0 Å². The maximum Gasteiger partial charge on any atom is 0.238 e. The van der Waals surface area contributed by atoms with Crippen LogP contribution in [0.5, 0.6) is 0 Å². The minimum Gasteiger partial charge on any atom is -0.335 e. The number of rotatable bonds is 1. The molecule has 0 radical (unpaired) electrons. The quantitative estimate of drug-likeness (QED) is 0.659. The summed E-state index contributed by atoms with van der Waals surface area (Å²) in [5, 5.41) is 0. The molecule has 3 heteroatoms. The Balaban J connectivity index is 1.87. The average Bonchev–Trinajstić information content (AvgIpc) is 2.72. The molecule has 2 aliphatic carbocycles. The molecule has 96 valence electrons. The molecule has 0 bridgehead atoms. The minimum absolute atomic E-state index is 0.173. The largest absolute Gasteiger partial charge is 0.335 e. The molecule has 3 aliphatic rings. The number of carbonyl (C=O) groups excluding carboxylic acids is 1. The van der Waals surface area contributed by atoms with E-state index in [1.807, 2.05) is 0 Å². The molecular formula is C14H22ClNO. The highest BCUT2D eigenvalue weighted by Crippen LogP contribution is 2.49. The Kier molecular flexibility index (Phi) is 3.34. The van der Waals surface area contributed by atoms with Gasteiger partial charge in [0.2, 0.25) is 5.91 Å². The summed E-state index contributed by atoms with van der Waals surface area (Å²) in [6.07, 6.45) is 10.5. The Labute approximate surface area is 109 Å². The average molecular weight is 256 g/mol. The van der Waals surface area contributed by atoms with Gasteiger partial charge in [0.05, 0.1) is 0 Å². The van der Waals surface area contributed by atoms with Gasteiger partial charge in [-0.25, -0.2) is 0 Å². The van der Waals surface area contributed by atoms with E-state index in [1.54, 1.807) is 0 Å². The maximum atomic E-state index is 12.1. The molecule has 3 fully saturated rings. The Morgan fingerprint density at radius 2 is 1.41 bits per heavy atom. The fourth-order valence-corrected chi connectivity index (χ4v) is 4.79. The van der Waals surface area contributed by atoms with E-state index in [0.717, 1.165) is 11.8 Å². The summed E-state index contributed by atoms with van der Waals surface area (Å²) in [6, 6.07) is 1.06. The van der Waals surface area contributed by atoms with Crippen LogP contribution in [0.1, 0.15) is 51.4 Å². The van der Waals surface area contributed by atoms with Crippen molar-refractivity contribution in [2.24, 2.45) is 11.8 Å². The SMILES string of the molecule is O=C(CCl)N1[C@@H]2CCCC[C@@H]2[C@H]2CCCC[C@H]21. The molecule has 0 spiro atoms. The first-order chi connectivity index (χ1) is 8.33. The van der Waals surface area contributed by atoms with Crippen LogP contribution in [0.4, 0.5) is 0 Å². The predicted molar refractivity (Wildman–Crippen MR) is 69.1 cm³/mol. The van der Waals surface area contributed by atoms with Crippen molar-refractivity contribution >= 4 is 17.5 Å². The minimum atomic E-state index is 0.173. The van der Waals surface area contributed by atoms with E-state index >= 15 is 0 Å². The zero-order chi connectivity index (χ0) is 11.8. The number of carbonyl (C=O) groups is 1. The van der Waals surface area contributed by atoms with E-state index in [-0.39, 0.29) is 11.8 Å². The van der Waals surface area contributed by atoms with E-state index in [4.69, 9.17) is 11.6 Å². The summed E-state index contributed by atoms with van der Waals surface area (Å²) in [5.41, 5.74) is 0. The van der Waals surface area contributed by atoms with Gasteiger partial charge < -0.3 is 4.90 Å². The number of halogens is 1. The van der Waals surface area contributed by atoms with Gasteiger partial charge in [-0.1, -0.05) is 25.7 Å². The van der Waals surface area contributed by atoms with Gasteiger partial charge in [-0.3, -0.25) is 4.79 Å². The van der Waals surface area contributed by atoms with Gasteiger partial charge in [0.1, 0.15) is 5.88 Å². The normalized spacial score (nSPS) is 40.9. The van der Waals surface area contributed by atoms with E-state index in [1.165, 1.54) is 51.4 Å². The standard InChI is InChI=1S/C14H22ClNO/c15-9-14(17)16-12-7-3-1-5-10(12)11-6-2-4-8-13(11)16/h10-13H,1-9H2/t10-,11-,12-,13-/m1/s1. The summed E-state index contributed by atoms with van der Waals surface area (Å²) in [4.78, 5) is 14.3. The number of alkyl halides is 1. The molecule has 0 aromatic heterocycles. The van der Waals surface area contributed by atoms with Crippen molar-refractivity contribution in [2.45, 2.75) is 63.5 Å². The molecule has 0 N–H and O–H groups in total. The maximum absolute atomic E-state index is 12.1. The molecule has 0 unspecified atom stereocenters. The van der Waals surface area contributed by atoms with Crippen LogP contribution in [-0.4, -0.2) is 28.8 Å². The smallest absolute Gasteiger partial charge is 0.238 e. The lowest BCUT2D eigenvalue weighted by Crippen LogP contribution is -2.44. The lowest BCUT2D eigenvalue weighted by molar-refractivity contribution is -0.132. The van der Waals surface area contributed by atoms with Crippen molar-refractivity contribution in [1.82, 2.24) is 4.90 Å². The number of hydrogen-bond acceptors (Lipinski definition) is 1. The third kappa shape index (κ3) is 1.89. The third-order valence-corrected chi connectivity index (χ3v) is 5.46. The summed E-state index contributed by atoms with van der Waals surface area (Å²) in [5.74, 6) is 1.95. The Hall–Kier alpha value is -0.240. The van der Waals surface area contributed by atoms with Crippen molar-refractivity contribution in [3.63, 3.8) is 0 Å². The Bertz CT molecular complexity index is 285. The Morgan fingerprint density at radius 3 is 1.88 bits per heavy atom. The number of hydrogen-bond donors (Lipinski definition) is 0. The van der Waals surface area contributed by atoms with E-state index in [0.29, 0.717) is 12.1 Å². The van der Waals surface area contributed by atoms with Gasteiger partial charge in [-0.15, -0.1) is 11.6 Å². The third-order valence-electron chi connectivity index (χ3n) is 5.23. The molecule has 4 atom stereocenters. The van der Waals surface area contributed by atoms with Crippen LogP contribution >= 0.6 is 11.6 Å². The van der Waals surface area contributed by atoms with Crippen LogP contribution < -0.4 is 0 Å². The summed E-state index contributed by atoms with van der Waals surface area (Å²) in [7, 11) is 0. The van der Waals surface area contributed by atoms with Crippen molar-refractivity contribution < 1.29 is 4.79 Å². The predicted octanol–water partition coefficient (Wildman–Crippen LogP) is 3.19. The highest BCUT2D eigenvalue weighted by molar-refractivity contribution is 6.27. The van der Waals surface area contributed by atoms with Gasteiger partial charge in [-0.2, -0.15) is 0 Å². The second-order valence-corrected chi connectivity index (χ2v) is 6.23. The van der Waals surface area contributed by atoms with Crippen LogP contribution in [-0.2, 0) is 4.79 Å². The van der Waals surface area contributed by atoms with Crippen LogP contribution in [0.2, 0.25) is 0 Å². The van der Waals surface area contributed by atoms with Gasteiger partial charge >= 0.3 is 0 Å². The fourth-order valence-electron chi connectivity index (χ4n) is 4.65. The second-order valence-electron chi connectivity index (χ2n) is 5.97. The molecular weight excluding hydrogens is 234 g/mol. The molecule has 0 aromatic carbocycles. The Morgan fingerprint density at radius 1 is 0.941 bits per heavy atom. The van der Waals surface area contributed by atoms with Crippen LogP contribution in [0, 0.1) is 11.8 Å². The molecule has 1 saturated heterocycles. The topological polar surface area (TPSA) is 20.3 Å². The molecule has 1 amide bonds. The first-order valence-electron chi connectivity index (χ1n) is 7.20. The summed E-state index contributed by atoms with van der Waals surface area (Å²) in [6.45, 7) is 0. The van der Waals surface area contributed by atoms with Crippen molar-refractivity contribution in [1.29, 1.82) is 0 Å². The molecule has 1 heterocycles. The van der Waals surface area contributed by atoms with Gasteiger partial charge in [0.25, 0.3) is 0 Å². The summed E-state index contributed by atoms with van der Waals surface area (Å²) < 4.78 is 0. The van der Waals surface area contributed by atoms with Gasteiger partial charge in [0.15, 0.2) is 0 Å². The molecule has 1 aliphatic heterocycles. The lowest BCUT2D eigenvalue weighted by atomic mass is 9.73. The molecule has 2 saturated carbocycles. The first-order valence-corrected chi connectivity index (χ1v) is 7.73. The lowest BCUT2D eigenvalue weighted by Gasteiger charge is -2.34. The number of amides is 1.